The van der Waals surface area contributed by atoms with Gasteiger partial charge in [0.05, 0.1) is 5.52 Å². The van der Waals surface area contributed by atoms with Crippen molar-refractivity contribution in [1.82, 2.24) is 4.57 Å². The number of benzene rings is 1. The molecular formula is C16H24N2S. The SMILES string of the molecule is CCSc1cc(N)cc2c1ccn2CCCC(C)C. The normalized spacial score (nSPS) is 11.6. The van der Waals surface area contributed by atoms with E-state index in [1.807, 2.05) is 11.8 Å². The fourth-order valence-corrected chi connectivity index (χ4v) is 3.28. The van der Waals surface area contributed by atoms with Gasteiger partial charge in [0, 0.05) is 28.7 Å². The predicted octanol–water partition coefficient (Wildman–Crippen LogP) is 4.77. The molecule has 1 aromatic carbocycles. The number of aromatic nitrogens is 1. The van der Waals surface area contributed by atoms with Crippen LogP contribution in [0.4, 0.5) is 5.69 Å². The van der Waals surface area contributed by atoms with Gasteiger partial charge in [-0.3, -0.25) is 0 Å². The summed E-state index contributed by atoms with van der Waals surface area (Å²) in [5.74, 6) is 1.86. The molecule has 0 unspecified atom stereocenters. The molecule has 0 atom stereocenters. The van der Waals surface area contributed by atoms with E-state index in [2.05, 4.69) is 49.7 Å². The van der Waals surface area contributed by atoms with E-state index in [0.29, 0.717) is 0 Å². The Hall–Kier alpha value is -1.09. The quantitative estimate of drug-likeness (QED) is 0.608. The number of hydrogen-bond donors (Lipinski definition) is 1. The molecule has 0 spiro atoms. The third-order valence-electron chi connectivity index (χ3n) is 3.35. The molecule has 2 rings (SSSR count). The smallest absolute Gasteiger partial charge is 0.0512 e. The van der Waals surface area contributed by atoms with Gasteiger partial charge in [-0.1, -0.05) is 20.8 Å². The number of fused-ring (bicyclic) bond motifs is 1. The molecule has 104 valence electrons. The van der Waals surface area contributed by atoms with Crippen LogP contribution in [-0.2, 0) is 6.54 Å². The van der Waals surface area contributed by atoms with Crippen molar-refractivity contribution < 1.29 is 0 Å². The predicted molar refractivity (Wildman–Crippen MR) is 86.8 cm³/mol. The summed E-state index contributed by atoms with van der Waals surface area (Å²) in [5, 5.41) is 1.34. The number of nitrogens with two attached hydrogens (primary N) is 1. The van der Waals surface area contributed by atoms with Gasteiger partial charge in [0.2, 0.25) is 0 Å². The molecule has 0 aliphatic carbocycles. The van der Waals surface area contributed by atoms with Crippen LogP contribution in [0, 0.1) is 5.92 Å². The first kappa shape index (κ1) is 14.3. The van der Waals surface area contributed by atoms with Crippen molar-refractivity contribution in [3.8, 4) is 0 Å². The zero-order valence-corrected chi connectivity index (χ0v) is 13.0. The molecule has 0 radical (unpaired) electrons. The molecule has 0 bridgehead atoms. The van der Waals surface area contributed by atoms with Gasteiger partial charge in [0.15, 0.2) is 0 Å². The maximum Gasteiger partial charge on any atom is 0.0512 e. The lowest BCUT2D eigenvalue weighted by molar-refractivity contribution is 0.518. The zero-order valence-electron chi connectivity index (χ0n) is 12.1. The van der Waals surface area contributed by atoms with Crippen LogP contribution in [0.5, 0.6) is 0 Å². The summed E-state index contributed by atoms with van der Waals surface area (Å²) in [7, 11) is 0. The largest absolute Gasteiger partial charge is 0.399 e. The van der Waals surface area contributed by atoms with E-state index in [-0.39, 0.29) is 0 Å². The topological polar surface area (TPSA) is 30.9 Å². The average Bonchev–Trinajstić information content (AvgIpc) is 2.72. The molecule has 2 nitrogen and oxygen atoms in total. The highest BCUT2D eigenvalue weighted by molar-refractivity contribution is 7.99. The van der Waals surface area contributed by atoms with Gasteiger partial charge < -0.3 is 10.3 Å². The Kier molecular flexibility index (Phi) is 4.81. The molecule has 0 amide bonds. The fourth-order valence-electron chi connectivity index (χ4n) is 2.42. The Morgan fingerprint density at radius 1 is 1.32 bits per heavy atom. The second-order valence-corrected chi connectivity index (χ2v) is 6.74. The minimum atomic E-state index is 0.776. The van der Waals surface area contributed by atoms with Crippen molar-refractivity contribution in [2.24, 2.45) is 5.92 Å². The highest BCUT2D eigenvalue weighted by Gasteiger charge is 2.07. The number of thioether (sulfide) groups is 1. The number of nitrogen functional groups attached to an aromatic ring is 1. The molecular weight excluding hydrogens is 252 g/mol. The maximum atomic E-state index is 6.03. The molecule has 0 aliphatic rings. The summed E-state index contributed by atoms with van der Waals surface area (Å²) < 4.78 is 2.34. The van der Waals surface area contributed by atoms with Gasteiger partial charge in [-0.05, 0) is 42.7 Å². The molecule has 0 aliphatic heterocycles. The van der Waals surface area contributed by atoms with E-state index >= 15 is 0 Å². The van der Waals surface area contributed by atoms with E-state index in [4.69, 9.17) is 5.73 Å². The summed E-state index contributed by atoms with van der Waals surface area (Å²) in [6.45, 7) is 7.82. The van der Waals surface area contributed by atoms with Crippen molar-refractivity contribution in [3.63, 3.8) is 0 Å². The highest BCUT2D eigenvalue weighted by Crippen LogP contribution is 2.31. The number of hydrogen-bond acceptors (Lipinski definition) is 2. The van der Waals surface area contributed by atoms with Crippen LogP contribution in [0.2, 0.25) is 0 Å². The molecule has 2 aromatic rings. The van der Waals surface area contributed by atoms with Crippen molar-refractivity contribution in [2.75, 3.05) is 11.5 Å². The van der Waals surface area contributed by atoms with Crippen molar-refractivity contribution >= 4 is 28.4 Å². The Morgan fingerprint density at radius 2 is 2.11 bits per heavy atom. The fraction of sp³-hybridized carbons (Fsp3) is 0.500. The van der Waals surface area contributed by atoms with Crippen LogP contribution in [0.1, 0.15) is 33.6 Å². The van der Waals surface area contributed by atoms with Crippen LogP contribution in [0.15, 0.2) is 29.3 Å². The van der Waals surface area contributed by atoms with E-state index in [1.165, 1.54) is 28.6 Å². The van der Waals surface area contributed by atoms with Gasteiger partial charge >= 0.3 is 0 Å². The lowest BCUT2D eigenvalue weighted by atomic mass is 10.1. The van der Waals surface area contributed by atoms with Gasteiger partial charge in [0.25, 0.3) is 0 Å². The lowest BCUT2D eigenvalue weighted by Gasteiger charge is -2.09. The average molecular weight is 276 g/mol. The number of nitrogens with zero attached hydrogens (tertiary/aromatic N) is 1. The third kappa shape index (κ3) is 3.47. The first-order valence-corrected chi connectivity index (χ1v) is 8.11. The van der Waals surface area contributed by atoms with Crippen molar-refractivity contribution in [1.29, 1.82) is 0 Å². The zero-order chi connectivity index (χ0) is 13.8. The first-order chi connectivity index (χ1) is 9.11. The van der Waals surface area contributed by atoms with Crippen LogP contribution in [0.25, 0.3) is 10.9 Å². The Balaban J connectivity index is 2.26. The molecule has 0 saturated heterocycles. The molecule has 0 fully saturated rings. The second-order valence-electron chi connectivity index (χ2n) is 5.43. The second kappa shape index (κ2) is 6.38. The number of anilines is 1. The van der Waals surface area contributed by atoms with Crippen LogP contribution < -0.4 is 5.73 Å². The van der Waals surface area contributed by atoms with E-state index in [9.17, 15) is 0 Å². The van der Waals surface area contributed by atoms with Gasteiger partial charge in [-0.2, -0.15) is 0 Å². The highest BCUT2D eigenvalue weighted by atomic mass is 32.2. The van der Waals surface area contributed by atoms with Gasteiger partial charge in [0.1, 0.15) is 0 Å². The third-order valence-corrected chi connectivity index (χ3v) is 4.29. The maximum absolute atomic E-state index is 6.03. The number of rotatable bonds is 6. The summed E-state index contributed by atoms with van der Waals surface area (Å²) in [6.07, 6.45) is 4.70. The molecule has 1 heterocycles. The van der Waals surface area contributed by atoms with Crippen LogP contribution in [0.3, 0.4) is 0 Å². The molecule has 2 N–H and O–H groups in total. The minimum absolute atomic E-state index is 0.776. The van der Waals surface area contributed by atoms with Crippen molar-refractivity contribution in [3.05, 3.63) is 24.4 Å². The van der Waals surface area contributed by atoms with Gasteiger partial charge in [-0.25, -0.2) is 0 Å². The molecule has 3 heteroatoms. The standard InChI is InChI=1S/C16H24N2S/c1-4-19-16-11-13(17)10-15-14(16)7-9-18(15)8-5-6-12(2)3/h7,9-12H,4-6,8,17H2,1-3H3. The van der Waals surface area contributed by atoms with E-state index in [1.54, 1.807) is 0 Å². The summed E-state index contributed by atoms with van der Waals surface area (Å²) in [4.78, 5) is 1.31. The summed E-state index contributed by atoms with van der Waals surface area (Å²) in [5.41, 5.74) is 8.18. The molecule has 0 saturated carbocycles. The summed E-state index contributed by atoms with van der Waals surface area (Å²) in [6, 6.07) is 6.42. The van der Waals surface area contributed by atoms with Crippen LogP contribution in [-0.4, -0.2) is 10.3 Å². The van der Waals surface area contributed by atoms with Gasteiger partial charge in [-0.15, -0.1) is 11.8 Å². The Bertz CT molecular complexity index is 543. The Morgan fingerprint density at radius 3 is 2.79 bits per heavy atom. The number of aryl methyl sites for hydroxylation is 1. The first-order valence-electron chi connectivity index (χ1n) is 7.13. The molecule has 1 aromatic heterocycles. The lowest BCUT2D eigenvalue weighted by Crippen LogP contribution is -1.99. The van der Waals surface area contributed by atoms with Crippen LogP contribution >= 0.6 is 11.8 Å². The minimum Gasteiger partial charge on any atom is -0.399 e. The Labute approximate surface area is 120 Å². The summed E-state index contributed by atoms with van der Waals surface area (Å²) >= 11 is 1.87. The van der Waals surface area contributed by atoms with E-state index in [0.717, 1.165) is 23.9 Å². The monoisotopic (exact) mass is 276 g/mol. The van der Waals surface area contributed by atoms with Crippen molar-refractivity contribution in [2.45, 2.75) is 45.1 Å². The molecule has 19 heavy (non-hydrogen) atoms. The van der Waals surface area contributed by atoms with E-state index < -0.39 is 0 Å².